The number of carbonyl (C=O) groups excluding carboxylic acids is 1. The first-order valence-electron chi connectivity index (χ1n) is 10.0. The molecule has 1 aliphatic heterocycles. The van der Waals surface area contributed by atoms with E-state index in [1.807, 2.05) is 48.4 Å². The number of carbonyl (C=O) groups is 1. The highest BCUT2D eigenvalue weighted by Crippen LogP contribution is 2.38. The van der Waals surface area contributed by atoms with E-state index in [9.17, 15) is 4.79 Å². The van der Waals surface area contributed by atoms with E-state index in [0.29, 0.717) is 11.3 Å². The van der Waals surface area contributed by atoms with Crippen LogP contribution in [-0.2, 0) is 6.42 Å². The lowest BCUT2D eigenvalue weighted by Crippen LogP contribution is -2.41. The lowest BCUT2D eigenvalue weighted by Gasteiger charge is -2.39. The van der Waals surface area contributed by atoms with Crippen LogP contribution in [0.4, 0.5) is 0 Å². The van der Waals surface area contributed by atoms with E-state index in [1.165, 1.54) is 0 Å². The number of likely N-dealkylation sites (tertiary alicyclic amines) is 1. The van der Waals surface area contributed by atoms with Gasteiger partial charge in [0.1, 0.15) is 7.85 Å². The Morgan fingerprint density at radius 1 is 1.28 bits per heavy atom. The Balaban J connectivity index is 1.75. The van der Waals surface area contributed by atoms with E-state index in [1.54, 1.807) is 24.7 Å². The van der Waals surface area contributed by atoms with E-state index in [-0.39, 0.29) is 11.2 Å². The van der Waals surface area contributed by atoms with E-state index in [0.717, 1.165) is 43.6 Å². The number of allylic oxidation sites excluding steroid dienone is 5. The number of rotatable bonds is 6. The fourth-order valence-corrected chi connectivity index (χ4v) is 3.78. The number of piperidine rings is 1. The largest absolute Gasteiger partial charge is 0.339 e. The SMILES string of the molecule is BC1(Cc2cnccn2)CCN(C(=O)c2cccnc2C(/C=C\C)=C/C=C)CC1. The highest BCUT2D eigenvalue weighted by Gasteiger charge is 2.33. The average molecular weight is 386 g/mol. The van der Waals surface area contributed by atoms with Crippen LogP contribution in [0, 0.1) is 0 Å². The van der Waals surface area contributed by atoms with Crippen LogP contribution in [0.2, 0.25) is 5.31 Å². The first-order valence-corrected chi connectivity index (χ1v) is 10.0. The third kappa shape index (κ3) is 5.08. The molecule has 0 N–H and O–H groups in total. The Bertz CT molecular complexity index is 915. The number of amides is 1. The van der Waals surface area contributed by atoms with Gasteiger partial charge in [-0.15, -0.1) is 0 Å². The highest BCUT2D eigenvalue weighted by molar-refractivity contribution is 6.15. The molecular weight excluding hydrogens is 359 g/mol. The second-order valence-corrected chi connectivity index (χ2v) is 7.73. The Morgan fingerprint density at radius 2 is 2.07 bits per heavy atom. The van der Waals surface area contributed by atoms with Crippen molar-refractivity contribution in [1.29, 1.82) is 0 Å². The zero-order valence-corrected chi connectivity index (χ0v) is 17.2. The van der Waals surface area contributed by atoms with E-state index < -0.39 is 0 Å². The second kappa shape index (κ2) is 9.46. The Kier molecular flexibility index (Phi) is 6.75. The monoisotopic (exact) mass is 386 g/mol. The zero-order chi connectivity index (χ0) is 20.7. The van der Waals surface area contributed by atoms with Gasteiger partial charge in [-0.3, -0.25) is 19.7 Å². The van der Waals surface area contributed by atoms with Crippen LogP contribution in [0.5, 0.6) is 0 Å². The summed E-state index contributed by atoms with van der Waals surface area (Å²) in [5.74, 6) is 0.0362. The van der Waals surface area contributed by atoms with Crippen LogP contribution in [0.25, 0.3) is 5.57 Å². The normalized spacial score (nSPS) is 16.7. The first-order chi connectivity index (χ1) is 14.1. The summed E-state index contributed by atoms with van der Waals surface area (Å²) in [6, 6.07) is 3.68. The molecule has 3 heterocycles. The summed E-state index contributed by atoms with van der Waals surface area (Å²) >= 11 is 0. The van der Waals surface area contributed by atoms with Gasteiger partial charge >= 0.3 is 0 Å². The fourth-order valence-electron chi connectivity index (χ4n) is 3.78. The van der Waals surface area contributed by atoms with Crippen LogP contribution in [0.15, 0.2) is 67.8 Å². The standard InChI is InChI=1S/C23H27BN4O/c1-3-6-18(7-4-2)21-20(8-5-11-27-21)22(29)28-14-9-23(24,10-15-28)16-19-17-25-12-13-26-19/h3-8,11-13,17H,1,9-10,14-16,24H2,2H3/b7-4-,18-6+. The Labute approximate surface area is 173 Å². The van der Waals surface area contributed by atoms with E-state index in [4.69, 9.17) is 0 Å². The summed E-state index contributed by atoms with van der Waals surface area (Å²) in [7, 11) is 2.27. The Hall–Kier alpha value is -3.02. The van der Waals surface area contributed by atoms with Gasteiger partial charge in [0.25, 0.3) is 5.91 Å². The molecule has 1 saturated heterocycles. The number of nitrogens with zero attached hydrogens (tertiary/aromatic N) is 4. The van der Waals surface area contributed by atoms with Crippen molar-refractivity contribution in [2.45, 2.75) is 31.5 Å². The first kappa shape index (κ1) is 20.7. The van der Waals surface area contributed by atoms with Crippen LogP contribution in [0.3, 0.4) is 0 Å². The van der Waals surface area contributed by atoms with Crippen LogP contribution >= 0.6 is 0 Å². The van der Waals surface area contributed by atoms with Gasteiger partial charge < -0.3 is 4.90 Å². The predicted molar refractivity (Wildman–Crippen MR) is 119 cm³/mol. The molecule has 0 aromatic carbocycles. The molecule has 3 rings (SSSR count). The smallest absolute Gasteiger partial charge is 0.256 e. The fraction of sp³-hybridized carbons (Fsp3) is 0.304. The maximum absolute atomic E-state index is 13.3. The third-order valence-electron chi connectivity index (χ3n) is 5.44. The van der Waals surface area contributed by atoms with Gasteiger partial charge in [0.15, 0.2) is 0 Å². The molecule has 148 valence electrons. The minimum atomic E-state index is 0.0362. The molecule has 1 amide bonds. The third-order valence-corrected chi connectivity index (χ3v) is 5.44. The highest BCUT2D eigenvalue weighted by atomic mass is 16.2. The quantitative estimate of drug-likeness (QED) is 0.565. The number of hydrogen-bond acceptors (Lipinski definition) is 4. The topological polar surface area (TPSA) is 59.0 Å². The average Bonchev–Trinajstić information content (AvgIpc) is 2.74. The number of aromatic nitrogens is 3. The van der Waals surface area contributed by atoms with Crippen molar-refractivity contribution in [2.75, 3.05) is 13.1 Å². The summed E-state index contributed by atoms with van der Waals surface area (Å²) < 4.78 is 0. The van der Waals surface area contributed by atoms with Gasteiger partial charge in [0.05, 0.1) is 17.0 Å². The van der Waals surface area contributed by atoms with Crippen LogP contribution < -0.4 is 0 Å². The molecule has 5 nitrogen and oxygen atoms in total. The predicted octanol–water partition coefficient (Wildman–Crippen LogP) is 3.29. The maximum Gasteiger partial charge on any atom is 0.256 e. The van der Waals surface area contributed by atoms with Crippen molar-refractivity contribution >= 4 is 19.3 Å². The Morgan fingerprint density at radius 3 is 2.72 bits per heavy atom. The summed E-state index contributed by atoms with van der Waals surface area (Å²) in [6.45, 7) is 7.19. The lowest BCUT2D eigenvalue weighted by molar-refractivity contribution is 0.0698. The van der Waals surface area contributed by atoms with Crippen molar-refractivity contribution < 1.29 is 4.79 Å². The molecule has 0 spiro atoms. The van der Waals surface area contributed by atoms with Crippen molar-refractivity contribution in [2.24, 2.45) is 0 Å². The molecule has 0 bridgehead atoms. The molecule has 1 aliphatic rings. The second-order valence-electron chi connectivity index (χ2n) is 7.73. The summed E-state index contributed by atoms with van der Waals surface area (Å²) in [5, 5.41) is 0.128. The van der Waals surface area contributed by atoms with Gasteiger partial charge in [-0.25, -0.2) is 0 Å². The van der Waals surface area contributed by atoms with Gasteiger partial charge in [-0.1, -0.05) is 30.9 Å². The van der Waals surface area contributed by atoms with Crippen molar-refractivity contribution in [1.82, 2.24) is 19.9 Å². The minimum absolute atomic E-state index is 0.0362. The van der Waals surface area contributed by atoms with Crippen LogP contribution in [-0.4, -0.2) is 46.7 Å². The zero-order valence-electron chi connectivity index (χ0n) is 17.2. The molecule has 0 unspecified atom stereocenters. The molecule has 0 atom stereocenters. The molecule has 0 radical (unpaired) electrons. The number of hydrogen-bond donors (Lipinski definition) is 0. The van der Waals surface area contributed by atoms with Gasteiger partial charge in [0.2, 0.25) is 0 Å². The molecule has 6 heteroatoms. The van der Waals surface area contributed by atoms with Crippen molar-refractivity contribution in [3.63, 3.8) is 0 Å². The molecule has 2 aromatic rings. The van der Waals surface area contributed by atoms with Crippen molar-refractivity contribution in [3.8, 4) is 0 Å². The summed E-state index contributed by atoms with van der Waals surface area (Å²) in [6.07, 6.45) is 17.2. The molecule has 29 heavy (non-hydrogen) atoms. The molecule has 2 aromatic heterocycles. The molecule has 0 saturated carbocycles. The van der Waals surface area contributed by atoms with E-state index >= 15 is 0 Å². The van der Waals surface area contributed by atoms with Gasteiger partial charge in [0, 0.05) is 43.4 Å². The van der Waals surface area contributed by atoms with Crippen molar-refractivity contribution in [3.05, 3.63) is 84.8 Å². The lowest BCUT2D eigenvalue weighted by atomic mass is 9.60. The molecule has 1 fully saturated rings. The summed E-state index contributed by atoms with van der Waals surface area (Å²) in [4.78, 5) is 28.3. The number of pyridine rings is 1. The van der Waals surface area contributed by atoms with Gasteiger partial charge in [-0.05, 0) is 43.6 Å². The molecule has 0 aliphatic carbocycles. The summed E-state index contributed by atoms with van der Waals surface area (Å²) in [5.41, 5.74) is 3.23. The van der Waals surface area contributed by atoms with E-state index in [2.05, 4.69) is 29.4 Å². The van der Waals surface area contributed by atoms with Gasteiger partial charge in [-0.2, -0.15) is 0 Å². The maximum atomic E-state index is 13.3. The minimum Gasteiger partial charge on any atom is -0.339 e. The molecular formula is C23H27BN4O. The van der Waals surface area contributed by atoms with Crippen LogP contribution in [0.1, 0.15) is 41.5 Å².